The van der Waals surface area contributed by atoms with Crippen molar-refractivity contribution in [2.75, 3.05) is 11.9 Å². The van der Waals surface area contributed by atoms with Crippen molar-refractivity contribution < 1.29 is 9.18 Å². The molecule has 1 aliphatic rings. The number of aryl methyl sites for hydroxylation is 1. The van der Waals surface area contributed by atoms with Crippen molar-refractivity contribution in [1.29, 1.82) is 0 Å². The molecule has 1 aliphatic heterocycles. The normalized spacial score (nSPS) is 19.6. The molecule has 18 heavy (non-hydrogen) atoms. The van der Waals surface area contributed by atoms with Gasteiger partial charge in [-0.1, -0.05) is 6.42 Å². The molecule has 0 saturated carbocycles. The third-order valence-corrected chi connectivity index (χ3v) is 3.31. The molecule has 1 amide bonds. The van der Waals surface area contributed by atoms with E-state index in [1.807, 2.05) is 0 Å². The van der Waals surface area contributed by atoms with Gasteiger partial charge in [0.05, 0.1) is 0 Å². The fourth-order valence-corrected chi connectivity index (χ4v) is 2.29. The Balaban J connectivity index is 1.90. The lowest BCUT2D eigenvalue weighted by Crippen LogP contribution is -2.37. The van der Waals surface area contributed by atoms with Gasteiger partial charge in [0.25, 0.3) is 0 Å². The second-order valence-electron chi connectivity index (χ2n) is 4.86. The predicted octanol–water partition coefficient (Wildman–Crippen LogP) is 2.60. The van der Waals surface area contributed by atoms with Crippen LogP contribution in [0.5, 0.6) is 0 Å². The van der Waals surface area contributed by atoms with E-state index < -0.39 is 0 Å². The van der Waals surface area contributed by atoms with Crippen LogP contribution >= 0.6 is 0 Å². The van der Waals surface area contributed by atoms with Gasteiger partial charge in [-0.15, -0.1) is 0 Å². The van der Waals surface area contributed by atoms with E-state index in [1.165, 1.54) is 25.0 Å². The van der Waals surface area contributed by atoms with Crippen LogP contribution in [0.1, 0.15) is 31.2 Å². The number of piperidine rings is 1. The van der Waals surface area contributed by atoms with Crippen molar-refractivity contribution in [3.63, 3.8) is 0 Å². The summed E-state index contributed by atoms with van der Waals surface area (Å²) in [6, 6.07) is 4.67. The summed E-state index contributed by atoms with van der Waals surface area (Å²) < 4.78 is 12.9. The Morgan fingerprint density at radius 3 is 3.00 bits per heavy atom. The highest BCUT2D eigenvalue weighted by molar-refractivity contribution is 5.91. The molecule has 0 aliphatic carbocycles. The minimum atomic E-state index is -0.278. The van der Waals surface area contributed by atoms with Crippen LogP contribution in [0.15, 0.2) is 18.2 Å². The lowest BCUT2D eigenvalue weighted by Gasteiger charge is -2.23. The quantitative estimate of drug-likeness (QED) is 0.865. The molecule has 0 radical (unpaired) electrons. The maximum absolute atomic E-state index is 12.9. The number of carbonyl (C=O) groups excluding carboxylic acids is 1. The number of halogens is 1. The summed E-state index contributed by atoms with van der Waals surface area (Å²) in [6.45, 7) is 2.78. The number of anilines is 1. The fraction of sp³-hybridized carbons (Fsp3) is 0.500. The van der Waals surface area contributed by atoms with Crippen molar-refractivity contribution >= 4 is 11.6 Å². The molecule has 1 aromatic carbocycles. The van der Waals surface area contributed by atoms with E-state index in [2.05, 4.69) is 10.6 Å². The molecule has 2 N–H and O–H groups in total. The lowest BCUT2D eigenvalue weighted by atomic mass is 10.0. The van der Waals surface area contributed by atoms with Crippen LogP contribution in [0, 0.1) is 12.7 Å². The monoisotopic (exact) mass is 250 g/mol. The Hall–Kier alpha value is -1.42. The van der Waals surface area contributed by atoms with Crippen molar-refractivity contribution in [3.8, 4) is 0 Å². The van der Waals surface area contributed by atoms with Gasteiger partial charge in [0, 0.05) is 18.2 Å². The van der Waals surface area contributed by atoms with Gasteiger partial charge in [-0.05, 0) is 50.1 Å². The molecule has 4 heteroatoms. The maximum atomic E-state index is 12.9. The zero-order chi connectivity index (χ0) is 13.0. The summed E-state index contributed by atoms with van der Waals surface area (Å²) in [5.74, 6) is -0.288. The van der Waals surface area contributed by atoms with Gasteiger partial charge >= 0.3 is 0 Å². The average Bonchev–Trinajstić information content (AvgIpc) is 2.34. The van der Waals surface area contributed by atoms with Gasteiger partial charge in [0.1, 0.15) is 5.82 Å². The molecule has 1 aromatic rings. The van der Waals surface area contributed by atoms with Crippen LogP contribution in [-0.4, -0.2) is 18.5 Å². The van der Waals surface area contributed by atoms with E-state index in [0.29, 0.717) is 12.1 Å². The smallest absolute Gasteiger partial charge is 0.225 e. The zero-order valence-corrected chi connectivity index (χ0v) is 10.6. The lowest BCUT2D eigenvalue weighted by molar-refractivity contribution is -0.116. The van der Waals surface area contributed by atoms with E-state index in [0.717, 1.165) is 18.5 Å². The first-order chi connectivity index (χ1) is 8.65. The van der Waals surface area contributed by atoms with Crippen LogP contribution in [-0.2, 0) is 4.79 Å². The molecule has 3 nitrogen and oxygen atoms in total. The minimum Gasteiger partial charge on any atom is -0.326 e. The number of amides is 1. The third kappa shape index (κ3) is 3.53. The molecule has 1 heterocycles. The summed E-state index contributed by atoms with van der Waals surface area (Å²) in [7, 11) is 0. The number of carbonyl (C=O) groups is 1. The Labute approximate surface area is 107 Å². The van der Waals surface area contributed by atoms with E-state index in [9.17, 15) is 9.18 Å². The SMILES string of the molecule is Cc1cc(F)ccc1NC(=O)CC1CCCCN1. The standard InChI is InChI=1S/C14H19FN2O/c1-10-8-11(15)5-6-13(10)17-14(18)9-12-4-2-3-7-16-12/h5-6,8,12,16H,2-4,7,9H2,1H3,(H,17,18). The first-order valence-electron chi connectivity index (χ1n) is 6.44. The summed E-state index contributed by atoms with van der Waals surface area (Å²) in [4.78, 5) is 11.9. The molecular formula is C14H19FN2O. The van der Waals surface area contributed by atoms with E-state index in [-0.39, 0.29) is 17.8 Å². The largest absolute Gasteiger partial charge is 0.326 e. The van der Waals surface area contributed by atoms with Crippen LogP contribution in [0.2, 0.25) is 0 Å². The molecule has 0 aromatic heterocycles. The first kappa shape index (κ1) is 13.0. The molecule has 0 bridgehead atoms. The van der Waals surface area contributed by atoms with Crippen LogP contribution < -0.4 is 10.6 Å². The average molecular weight is 250 g/mol. The highest BCUT2D eigenvalue weighted by atomic mass is 19.1. The molecule has 1 fully saturated rings. The predicted molar refractivity (Wildman–Crippen MR) is 70.0 cm³/mol. The second kappa shape index (κ2) is 5.96. The van der Waals surface area contributed by atoms with Crippen LogP contribution in [0.25, 0.3) is 0 Å². The third-order valence-electron chi connectivity index (χ3n) is 3.31. The Morgan fingerprint density at radius 2 is 2.33 bits per heavy atom. The van der Waals surface area contributed by atoms with Crippen molar-refractivity contribution in [1.82, 2.24) is 5.32 Å². The Bertz CT molecular complexity index is 428. The fourth-order valence-electron chi connectivity index (χ4n) is 2.29. The minimum absolute atomic E-state index is 0.0101. The van der Waals surface area contributed by atoms with Crippen LogP contribution in [0.3, 0.4) is 0 Å². The molecule has 1 unspecified atom stereocenters. The topological polar surface area (TPSA) is 41.1 Å². The van der Waals surface area contributed by atoms with E-state index in [4.69, 9.17) is 0 Å². The molecule has 1 saturated heterocycles. The first-order valence-corrected chi connectivity index (χ1v) is 6.44. The number of hydrogen-bond donors (Lipinski definition) is 2. The molecular weight excluding hydrogens is 231 g/mol. The number of benzene rings is 1. The highest BCUT2D eigenvalue weighted by Gasteiger charge is 2.16. The Kier molecular flexibility index (Phi) is 4.31. The summed E-state index contributed by atoms with van der Waals surface area (Å²) in [5.41, 5.74) is 1.44. The van der Waals surface area contributed by atoms with Crippen molar-refractivity contribution in [3.05, 3.63) is 29.6 Å². The molecule has 98 valence electrons. The molecule has 1 atom stereocenters. The number of nitrogens with one attached hydrogen (secondary N) is 2. The zero-order valence-electron chi connectivity index (χ0n) is 10.6. The number of rotatable bonds is 3. The van der Waals surface area contributed by atoms with Gasteiger partial charge < -0.3 is 10.6 Å². The van der Waals surface area contributed by atoms with Crippen molar-refractivity contribution in [2.45, 2.75) is 38.6 Å². The van der Waals surface area contributed by atoms with Gasteiger partial charge in [0.2, 0.25) is 5.91 Å². The van der Waals surface area contributed by atoms with Crippen molar-refractivity contribution in [2.24, 2.45) is 0 Å². The van der Waals surface area contributed by atoms with Gasteiger partial charge in [-0.3, -0.25) is 4.79 Å². The highest BCUT2D eigenvalue weighted by Crippen LogP contribution is 2.17. The summed E-state index contributed by atoms with van der Waals surface area (Å²) in [5, 5.41) is 6.18. The summed E-state index contributed by atoms with van der Waals surface area (Å²) >= 11 is 0. The van der Waals surface area contributed by atoms with Gasteiger partial charge in [-0.2, -0.15) is 0 Å². The van der Waals surface area contributed by atoms with Gasteiger partial charge in [-0.25, -0.2) is 4.39 Å². The van der Waals surface area contributed by atoms with Crippen LogP contribution in [0.4, 0.5) is 10.1 Å². The number of hydrogen-bond acceptors (Lipinski definition) is 2. The summed E-state index contributed by atoms with van der Waals surface area (Å²) in [6.07, 6.45) is 3.91. The van der Waals surface area contributed by atoms with Gasteiger partial charge in [0.15, 0.2) is 0 Å². The maximum Gasteiger partial charge on any atom is 0.225 e. The second-order valence-corrected chi connectivity index (χ2v) is 4.86. The van der Waals surface area contributed by atoms with E-state index in [1.54, 1.807) is 13.0 Å². The molecule has 0 spiro atoms. The van der Waals surface area contributed by atoms with E-state index >= 15 is 0 Å². The Morgan fingerprint density at radius 1 is 1.50 bits per heavy atom. The molecule has 2 rings (SSSR count).